The van der Waals surface area contributed by atoms with Gasteiger partial charge in [-0.1, -0.05) is 6.07 Å². The first-order valence-corrected chi connectivity index (χ1v) is 8.72. The lowest BCUT2D eigenvalue weighted by molar-refractivity contribution is 0.487. The molecule has 0 aliphatic carbocycles. The summed E-state index contributed by atoms with van der Waals surface area (Å²) in [7, 11) is 0. The number of hydrogen-bond acceptors (Lipinski definition) is 4. The van der Waals surface area contributed by atoms with Crippen LogP contribution in [0.1, 0.15) is 54.1 Å². The van der Waals surface area contributed by atoms with E-state index in [2.05, 4.69) is 27.3 Å². The lowest BCUT2D eigenvalue weighted by atomic mass is 10.0. The molecule has 0 amide bonds. The normalized spacial score (nSPS) is 13.6. The van der Waals surface area contributed by atoms with E-state index in [1.54, 1.807) is 23.0 Å². The van der Waals surface area contributed by atoms with Crippen molar-refractivity contribution in [3.8, 4) is 5.69 Å². The van der Waals surface area contributed by atoms with Crippen molar-refractivity contribution in [1.29, 1.82) is 0 Å². The first-order valence-electron chi connectivity index (χ1n) is 8.72. The van der Waals surface area contributed by atoms with E-state index in [1.165, 1.54) is 0 Å². The summed E-state index contributed by atoms with van der Waals surface area (Å²) in [6.45, 7) is 9.87. The fraction of sp³-hybridized carbons (Fsp3) is 0.350. The average Bonchev–Trinajstić information content (AvgIpc) is 3.00. The van der Waals surface area contributed by atoms with E-state index in [9.17, 15) is 4.39 Å². The molecule has 0 unspecified atom stereocenters. The first kappa shape index (κ1) is 18.2. The Bertz CT molecular complexity index is 918. The van der Waals surface area contributed by atoms with Crippen LogP contribution in [0.25, 0.3) is 5.69 Å². The molecule has 0 aliphatic heterocycles. The molecule has 3 rings (SSSR count). The fourth-order valence-electron chi connectivity index (χ4n) is 3.10. The van der Waals surface area contributed by atoms with Gasteiger partial charge in [0.2, 0.25) is 0 Å². The van der Waals surface area contributed by atoms with E-state index >= 15 is 0 Å². The van der Waals surface area contributed by atoms with E-state index in [0.717, 1.165) is 28.2 Å². The molecule has 0 bridgehead atoms. The Morgan fingerprint density at radius 1 is 1.08 bits per heavy atom. The van der Waals surface area contributed by atoms with Crippen LogP contribution in [0, 0.1) is 26.6 Å². The van der Waals surface area contributed by atoms with Crippen LogP contribution in [-0.2, 0) is 0 Å². The Morgan fingerprint density at radius 2 is 1.85 bits per heavy atom. The summed E-state index contributed by atoms with van der Waals surface area (Å²) in [6, 6.07) is 5.30. The number of benzene rings is 1. The second-order valence-electron chi connectivity index (χ2n) is 6.74. The van der Waals surface area contributed by atoms with Crippen LogP contribution in [-0.4, -0.2) is 19.7 Å². The zero-order chi connectivity index (χ0) is 18.8. The number of aryl methyl sites for hydroxylation is 3. The molecule has 3 aromatic rings. The molecule has 6 heteroatoms. The maximum atomic E-state index is 14.6. The van der Waals surface area contributed by atoms with Gasteiger partial charge in [-0.25, -0.2) is 19.0 Å². The van der Waals surface area contributed by atoms with Gasteiger partial charge in [0.25, 0.3) is 0 Å². The number of halogens is 1. The van der Waals surface area contributed by atoms with Gasteiger partial charge in [0.1, 0.15) is 17.3 Å². The maximum absolute atomic E-state index is 14.6. The van der Waals surface area contributed by atoms with Gasteiger partial charge < -0.3 is 5.32 Å². The van der Waals surface area contributed by atoms with Crippen LogP contribution in [0.2, 0.25) is 0 Å². The molecule has 136 valence electrons. The highest BCUT2D eigenvalue weighted by atomic mass is 19.1. The molecule has 0 saturated heterocycles. The summed E-state index contributed by atoms with van der Waals surface area (Å²) in [5.74, 6) is 0.472. The Kier molecular flexibility index (Phi) is 5.13. The van der Waals surface area contributed by atoms with Crippen molar-refractivity contribution in [1.82, 2.24) is 25.1 Å². The minimum atomic E-state index is -0.290. The molecule has 2 aromatic heterocycles. The van der Waals surface area contributed by atoms with Gasteiger partial charge in [0.05, 0.1) is 6.20 Å². The number of aromatic nitrogens is 4. The highest BCUT2D eigenvalue weighted by Gasteiger charge is 2.16. The Morgan fingerprint density at radius 3 is 2.46 bits per heavy atom. The quantitative estimate of drug-likeness (QED) is 0.749. The van der Waals surface area contributed by atoms with Gasteiger partial charge in [-0.2, -0.15) is 5.10 Å². The van der Waals surface area contributed by atoms with Crippen LogP contribution in [0.5, 0.6) is 0 Å². The Hall–Kier alpha value is -2.60. The molecule has 2 atom stereocenters. The molecule has 0 radical (unpaired) electrons. The largest absolute Gasteiger partial charge is 0.304 e. The van der Waals surface area contributed by atoms with Crippen molar-refractivity contribution in [2.45, 2.75) is 46.7 Å². The summed E-state index contributed by atoms with van der Waals surface area (Å²) in [4.78, 5) is 8.70. The third-order valence-corrected chi connectivity index (χ3v) is 4.53. The lowest BCUT2D eigenvalue weighted by Crippen LogP contribution is -2.24. The van der Waals surface area contributed by atoms with Crippen LogP contribution in [0.3, 0.4) is 0 Å². The maximum Gasteiger partial charge on any atom is 0.149 e. The van der Waals surface area contributed by atoms with E-state index in [4.69, 9.17) is 0 Å². The molecular weight excluding hydrogens is 329 g/mol. The zero-order valence-electron chi connectivity index (χ0n) is 15.8. The summed E-state index contributed by atoms with van der Waals surface area (Å²) < 4.78 is 16.1. The molecule has 0 aliphatic rings. The molecule has 1 aromatic carbocycles. The third-order valence-electron chi connectivity index (χ3n) is 4.53. The number of nitrogens with one attached hydrogen (secondary N) is 1. The van der Waals surface area contributed by atoms with Crippen molar-refractivity contribution in [3.63, 3.8) is 0 Å². The fourth-order valence-corrected chi connectivity index (χ4v) is 3.10. The number of rotatable bonds is 5. The topological polar surface area (TPSA) is 55.6 Å². The van der Waals surface area contributed by atoms with Gasteiger partial charge in [-0.3, -0.25) is 0 Å². The summed E-state index contributed by atoms with van der Waals surface area (Å²) in [6.07, 6.45) is 5.37. The van der Waals surface area contributed by atoms with E-state index in [1.807, 2.05) is 46.2 Å². The van der Waals surface area contributed by atoms with Crippen molar-refractivity contribution < 1.29 is 4.39 Å². The Balaban J connectivity index is 1.77. The Labute approximate surface area is 153 Å². The van der Waals surface area contributed by atoms with Crippen LogP contribution in [0.15, 0.2) is 36.8 Å². The molecule has 2 heterocycles. The van der Waals surface area contributed by atoms with Crippen molar-refractivity contribution in [2.75, 3.05) is 0 Å². The highest BCUT2D eigenvalue weighted by molar-refractivity contribution is 5.37. The van der Waals surface area contributed by atoms with Gasteiger partial charge >= 0.3 is 0 Å². The minimum Gasteiger partial charge on any atom is -0.304 e. The van der Waals surface area contributed by atoms with Crippen LogP contribution in [0.4, 0.5) is 4.39 Å². The van der Waals surface area contributed by atoms with Crippen LogP contribution < -0.4 is 5.32 Å². The molecule has 1 N–H and O–H groups in total. The molecule has 0 saturated carbocycles. The minimum absolute atomic E-state index is 0.0198. The van der Waals surface area contributed by atoms with Gasteiger partial charge in [-0.15, -0.1) is 0 Å². The van der Waals surface area contributed by atoms with Crippen molar-refractivity contribution >= 4 is 0 Å². The van der Waals surface area contributed by atoms with Crippen LogP contribution >= 0.6 is 0 Å². The average molecular weight is 353 g/mol. The summed E-state index contributed by atoms with van der Waals surface area (Å²) >= 11 is 0. The summed E-state index contributed by atoms with van der Waals surface area (Å²) in [5, 5.41) is 7.67. The second-order valence-corrected chi connectivity index (χ2v) is 6.74. The van der Waals surface area contributed by atoms with E-state index in [0.29, 0.717) is 5.69 Å². The second kappa shape index (κ2) is 7.33. The predicted octanol–water partition coefficient (Wildman–Crippen LogP) is 4.14. The molecule has 0 spiro atoms. The van der Waals surface area contributed by atoms with E-state index in [-0.39, 0.29) is 17.9 Å². The molecule has 26 heavy (non-hydrogen) atoms. The lowest BCUT2D eigenvalue weighted by Gasteiger charge is -2.22. The van der Waals surface area contributed by atoms with Crippen molar-refractivity contribution in [2.24, 2.45) is 0 Å². The molecular formula is C20H24FN5. The predicted molar refractivity (Wildman–Crippen MR) is 99.7 cm³/mol. The van der Waals surface area contributed by atoms with Gasteiger partial charge in [0, 0.05) is 35.7 Å². The van der Waals surface area contributed by atoms with Gasteiger partial charge in [0.15, 0.2) is 0 Å². The number of nitrogens with zero attached hydrogens (tertiary/aromatic N) is 4. The standard InChI is InChI=1S/C20H24FN5/c1-12-9-23-26(11-12)20-7-6-17(8-19(20)21)13(2)24-14(3)18-10-22-16(5)25-15(18)4/h6-11,13-14,24H,1-5H3/t13-,14+/m0/s1. The highest BCUT2D eigenvalue weighted by Crippen LogP contribution is 2.23. The molecule has 0 fully saturated rings. The monoisotopic (exact) mass is 353 g/mol. The first-order chi connectivity index (χ1) is 12.3. The van der Waals surface area contributed by atoms with Gasteiger partial charge in [-0.05, 0) is 57.9 Å². The van der Waals surface area contributed by atoms with E-state index < -0.39 is 0 Å². The smallest absolute Gasteiger partial charge is 0.149 e. The zero-order valence-corrected chi connectivity index (χ0v) is 15.8. The summed E-state index contributed by atoms with van der Waals surface area (Å²) in [5.41, 5.74) is 4.33. The third kappa shape index (κ3) is 3.80. The number of hydrogen-bond donors (Lipinski definition) is 1. The molecule has 5 nitrogen and oxygen atoms in total. The van der Waals surface area contributed by atoms with Crippen molar-refractivity contribution in [3.05, 3.63) is 70.8 Å². The SMILES string of the molecule is Cc1cnn(-c2ccc([C@H](C)N[C@H](C)c3cnc(C)nc3C)cc2F)c1.